The van der Waals surface area contributed by atoms with E-state index in [0.717, 1.165) is 31.4 Å². The molecule has 1 aromatic rings. The SMILES string of the molecule is N[C@@H](C(=O)N1CCCCC1CCO)c1ccccc1. The topological polar surface area (TPSA) is 66.6 Å². The summed E-state index contributed by atoms with van der Waals surface area (Å²) >= 11 is 0. The maximum atomic E-state index is 12.5. The van der Waals surface area contributed by atoms with Crippen LogP contribution in [-0.4, -0.2) is 35.1 Å². The van der Waals surface area contributed by atoms with Gasteiger partial charge in [0.1, 0.15) is 6.04 Å². The Kier molecular flexibility index (Phi) is 4.93. The molecule has 0 aromatic heterocycles. The van der Waals surface area contributed by atoms with E-state index in [1.165, 1.54) is 0 Å². The molecule has 0 spiro atoms. The highest BCUT2D eigenvalue weighted by atomic mass is 16.3. The molecule has 4 nitrogen and oxygen atoms in total. The summed E-state index contributed by atoms with van der Waals surface area (Å²) in [5, 5.41) is 9.10. The molecule has 104 valence electrons. The molecule has 1 heterocycles. The van der Waals surface area contributed by atoms with E-state index in [4.69, 9.17) is 10.8 Å². The van der Waals surface area contributed by atoms with E-state index in [2.05, 4.69) is 0 Å². The predicted octanol–water partition coefficient (Wildman–Crippen LogP) is 1.45. The van der Waals surface area contributed by atoms with Gasteiger partial charge < -0.3 is 15.7 Å². The first-order valence-electron chi connectivity index (χ1n) is 6.96. The largest absolute Gasteiger partial charge is 0.396 e. The van der Waals surface area contributed by atoms with Crippen LogP contribution in [0.4, 0.5) is 0 Å². The Morgan fingerprint density at radius 1 is 1.37 bits per heavy atom. The van der Waals surface area contributed by atoms with Gasteiger partial charge in [-0.25, -0.2) is 0 Å². The van der Waals surface area contributed by atoms with Gasteiger partial charge >= 0.3 is 0 Å². The zero-order valence-electron chi connectivity index (χ0n) is 11.2. The molecule has 2 atom stereocenters. The number of aliphatic hydroxyl groups excluding tert-OH is 1. The molecule has 4 heteroatoms. The fourth-order valence-electron chi connectivity index (χ4n) is 2.72. The number of piperidine rings is 1. The van der Waals surface area contributed by atoms with E-state index < -0.39 is 6.04 Å². The van der Waals surface area contributed by atoms with Crippen molar-refractivity contribution in [3.05, 3.63) is 35.9 Å². The molecule has 0 aliphatic carbocycles. The molecule has 1 aliphatic heterocycles. The number of hydrogen-bond donors (Lipinski definition) is 2. The maximum Gasteiger partial charge on any atom is 0.244 e. The van der Waals surface area contributed by atoms with Crippen LogP contribution in [0.5, 0.6) is 0 Å². The highest BCUT2D eigenvalue weighted by Crippen LogP contribution is 2.23. The molecule has 0 bridgehead atoms. The smallest absolute Gasteiger partial charge is 0.244 e. The average Bonchev–Trinajstić information content (AvgIpc) is 2.47. The lowest BCUT2D eigenvalue weighted by Crippen LogP contribution is -2.47. The number of likely N-dealkylation sites (tertiary alicyclic amines) is 1. The second-order valence-electron chi connectivity index (χ2n) is 5.08. The summed E-state index contributed by atoms with van der Waals surface area (Å²) in [5.41, 5.74) is 6.92. The van der Waals surface area contributed by atoms with Crippen molar-refractivity contribution in [1.29, 1.82) is 0 Å². The summed E-state index contributed by atoms with van der Waals surface area (Å²) < 4.78 is 0. The Morgan fingerprint density at radius 2 is 2.11 bits per heavy atom. The molecule has 19 heavy (non-hydrogen) atoms. The molecule has 1 unspecified atom stereocenters. The highest BCUT2D eigenvalue weighted by Gasteiger charge is 2.30. The number of hydrogen-bond acceptors (Lipinski definition) is 3. The lowest BCUT2D eigenvalue weighted by molar-refractivity contribution is -0.136. The van der Waals surface area contributed by atoms with Crippen LogP contribution in [0.3, 0.4) is 0 Å². The summed E-state index contributed by atoms with van der Waals surface area (Å²) in [6.45, 7) is 0.874. The van der Waals surface area contributed by atoms with Gasteiger partial charge in [0.25, 0.3) is 0 Å². The number of carbonyl (C=O) groups excluding carboxylic acids is 1. The van der Waals surface area contributed by atoms with Crippen molar-refractivity contribution in [2.75, 3.05) is 13.2 Å². The first kappa shape index (κ1) is 14.0. The molecule has 2 rings (SSSR count). The van der Waals surface area contributed by atoms with Crippen LogP contribution in [0.25, 0.3) is 0 Å². The van der Waals surface area contributed by atoms with Gasteiger partial charge in [-0.2, -0.15) is 0 Å². The molecule has 1 aliphatic rings. The molecular weight excluding hydrogens is 240 g/mol. The Morgan fingerprint density at radius 3 is 2.79 bits per heavy atom. The third-order valence-corrected chi connectivity index (χ3v) is 3.80. The minimum Gasteiger partial charge on any atom is -0.396 e. The Bertz CT molecular complexity index is 406. The number of aliphatic hydroxyl groups is 1. The van der Waals surface area contributed by atoms with Crippen LogP contribution < -0.4 is 5.73 Å². The minimum atomic E-state index is -0.597. The number of benzene rings is 1. The Hall–Kier alpha value is -1.39. The third kappa shape index (κ3) is 3.33. The lowest BCUT2D eigenvalue weighted by atomic mass is 9.97. The lowest BCUT2D eigenvalue weighted by Gasteiger charge is -2.37. The van der Waals surface area contributed by atoms with Crippen molar-refractivity contribution in [3.63, 3.8) is 0 Å². The number of nitrogens with zero attached hydrogens (tertiary/aromatic N) is 1. The number of amides is 1. The van der Waals surface area contributed by atoms with E-state index in [1.54, 1.807) is 0 Å². The molecular formula is C15H22N2O2. The highest BCUT2D eigenvalue weighted by molar-refractivity contribution is 5.83. The number of nitrogens with two attached hydrogens (primary N) is 1. The van der Waals surface area contributed by atoms with Crippen molar-refractivity contribution in [2.24, 2.45) is 5.73 Å². The molecule has 1 aromatic carbocycles. The molecule has 1 fully saturated rings. The Balaban J connectivity index is 2.08. The van der Waals surface area contributed by atoms with E-state index in [0.29, 0.717) is 6.42 Å². The van der Waals surface area contributed by atoms with E-state index in [1.807, 2.05) is 35.2 Å². The normalized spacial score (nSPS) is 21.2. The van der Waals surface area contributed by atoms with E-state index >= 15 is 0 Å². The molecule has 1 saturated heterocycles. The maximum absolute atomic E-state index is 12.5. The number of rotatable bonds is 4. The van der Waals surface area contributed by atoms with Gasteiger partial charge in [0.15, 0.2) is 0 Å². The van der Waals surface area contributed by atoms with Gasteiger partial charge in [0.2, 0.25) is 5.91 Å². The van der Waals surface area contributed by atoms with Crippen LogP contribution in [0.2, 0.25) is 0 Å². The van der Waals surface area contributed by atoms with Gasteiger partial charge in [-0.1, -0.05) is 30.3 Å². The molecule has 3 N–H and O–H groups in total. The van der Waals surface area contributed by atoms with Gasteiger partial charge in [0, 0.05) is 19.2 Å². The van der Waals surface area contributed by atoms with Crippen LogP contribution >= 0.6 is 0 Å². The van der Waals surface area contributed by atoms with Gasteiger partial charge in [-0.05, 0) is 31.2 Å². The third-order valence-electron chi connectivity index (χ3n) is 3.80. The van der Waals surface area contributed by atoms with Gasteiger partial charge in [-0.15, -0.1) is 0 Å². The summed E-state index contributed by atoms with van der Waals surface area (Å²) in [6.07, 6.45) is 3.76. The molecule has 0 saturated carbocycles. The van der Waals surface area contributed by atoms with Crippen LogP contribution in [0, 0.1) is 0 Å². The van der Waals surface area contributed by atoms with E-state index in [9.17, 15) is 4.79 Å². The first-order chi connectivity index (χ1) is 9.24. The fourth-order valence-corrected chi connectivity index (χ4v) is 2.72. The van der Waals surface area contributed by atoms with Crippen molar-refractivity contribution in [2.45, 2.75) is 37.8 Å². The summed E-state index contributed by atoms with van der Waals surface area (Å²) in [4.78, 5) is 14.4. The molecule has 1 amide bonds. The van der Waals surface area contributed by atoms with Crippen molar-refractivity contribution >= 4 is 5.91 Å². The monoisotopic (exact) mass is 262 g/mol. The summed E-state index contributed by atoms with van der Waals surface area (Å²) in [6, 6.07) is 9.01. The van der Waals surface area contributed by atoms with Crippen LogP contribution in [0.15, 0.2) is 30.3 Å². The van der Waals surface area contributed by atoms with E-state index in [-0.39, 0.29) is 18.6 Å². The second kappa shape index (κ2) is 6.68. The van der Waals surface area contributed by atoms with Crippen molar-refractivity contribution in [1.82, 2.24) is 4.90 Å². The summed E-state index contributed by atoms with van der Waals surface area (Å²) in [5.74, 6) is -0.0237. The first-order valence-corrected chi connectivity index (χ1v) is 6.96. The predicted molar refractivity (Wildman–Crippen MR) is 74.4 cm³/mol. The second-order valence-corrected chi connectivity index (χ2v) is 5.08. The van der Waals surface area contributed by atoms with Crippen molar-refractivity contribution in [3.8, 4) is 0 Å². The number of carbonyl (C=O) groups is 1. The van der Waals surface area contributed by atoms with Crippen LogP contribution in [-0.2, 0) is 4.79 Å². The van der Waals surface area contributed by atoms with Crippen molar-refractivity contribution < 1.29 is 9.90 Å². The zero-order chi connectivity index (χ0) is 13.7. The average molecular weight is 262 g/mol. The van der Waals surface area contributed by atoms with Gasteiger partial charge in [0.05, 0.1) is 0 Å². The molecule has 0 radical (unpaired) electrons. The quantitative estimate of drug-likeness (QED) is 0.863. The van der Waals surface area contributed by atoms with Gasteiger partial charge in [-0.3, -0.25) is 4.79 Å². The Labute approximate surface area is 114 Å². The summed E-state index contributed by atoms with van der Waals surface area (Å²) in [7, 11) is 0. The zero-order valence-corrected chi connectivity index (χ0v) is 11.2. The minimum absolute atomic E-state index is 0.0237. The fraction of sp³-hybridized carbons (Fsp3) is 0.533. The standard InChI is InChI=1S/C15H22N2O2/c16-14(12-6-2-1-3-7-12)15(19)17-10-5-4-8-13(17)9-11-18/h1-3,6-7,13-14,18H,4-5,8-11,16H2/t13?,14-/m1/s1. The van der Waals surface area contributed by atoms with Crippen LogP contribution in [0.1, 0.15) is 37.3 Å².